The fraction of sp³-hybridized carbons (Fsp3) is 0.316. The van der Waals surface area contributed by atoms with Gasteiger partial charge >= 0.3 is 5.97 Å². The van der Waals surface area contributed by atoms with E-state index in [1.165, 1.54) is 0 Å². The first-order valence-corrected chi connectivity index (χ1v) is 8.09. The quantitative estimate of drug-likeness (QED) is 0.859. The Morgan fingerprint density at radius 3 is 2.50 bits per heavy atom. The molecule has 1 aliphatic carbocycles. The lowest BCUT2D eigenvalue weighted by Gasteiger charge is -2.14. The number of carbonyl (C=O) groups is 2. The van der Waals surface area contributed by atoms with Gasteiger partial charge in [0.2, 0.25) is 0 Å². The van der Waals surface area contributed by atoms with E-state index in [1.54, 1.807) is 26.0 Å². The maximum absolute atomic E-state index is 12.3. The monoisotopic (exact) mass is 324 g/mol. The van der Waals surface area contributed by atoms with E-state index in [0.717, 1.165) is 24.1 Å². The number of ether oxygens (including phenoxy) is 1. The highest BCUT2D eigenvalue weighted by molar-refractivity contribution is 5.93. The molecule has 0 bridgehead atoms. The molecule has 3 rings (SSSR count). The Kier molecular flexibility index (Phi) is 4.60. The molecule has 1 aromatic heterocycles. The van der Waals surface area contributed by atoms with Crippen LogP contribution < -0.4 is 5.32 Å². The van der Waals surface area contributed by atoms with Crippen LogP contribution in [0.5, 0.6) is 0 Å². The van der Waals surface area contributed by atoms with Crippen LogP contribution in [-0.2, 0) is 9.53 Å². The van der Waals surface area contributed by atoms with Crippen LogP contribution in [0.3, 0.4) is 0 Å². The Morgan fingerprint density at radius 1 is 1.17 bits per heavy atom. The van der Waals surface area contributed by atoms with E-state index in [1.807, 2.05) is 30.3 Å². The number of rotatable bonds is 5. The molecule has 0 radical (unpaired) electrons. The van der Waals surface area contributed by atoms with Gasteiger partial charge in [0.05, 0.1) is 17.0 Å². The van der Waals surface area contributed by atoms with Gasteiger partial charge in [-0.1, -0.05) is 30.3 Å². The van der Waals surface area contributed by atoms with Crippen molar-refractivity contribution in [3.05, 3.63) is 53.7 Å². The van der Waals surface area contributed by atoms with Crippen molar-refractivity contribution in [2.24, 2.45) is 0 Å². The number of hydrogen-bond acceptors (Lipinski definition) is 4. The Bertz CT molecular complexity index is 754. The normalized spacial score (nSPS) is 14.8. The average molecular weight is 324 g/mol. The number of carbonyl (C=O) groups excluding carboxylic acids is 2. The zero-order valence-electron chi connectivity index (χ0n) is 13.8. The van der Waals surface area contributed by atoms with Crippen molar-refractivity contribution in [1.29, 1.82) is 0 Å². The largest absolute Gasteiger partial charge is 0.449 e. The molecule has 0 spiro atoms. The van der Waals surface area contributed by atoms with Crippen LogP contribution in [0, 0.1) is 6.92 Å². The van der Waals surface area contributed by atoms with Crippen molar-refractivity contribution in [2.75, 3.05) is 0 Å². The van der Waals surface area contributed by atoms with Crippen molar-refractivity contribution in [2.45, 2.75) is 38.8 Å². The molecular weight excluding hydrogens is 304 g/mol. The smallest absolute Gasteiger partial charge is 0.340 e. The number of amides is 1. The second-order valence-electron chi connectivity index (χ2n) is 6.03. The number of esters is 1. The summed E-state index contributed by atoms with van der Waals surface area (Å²) in [5.41, 5.74) is 2.73. The first kappa shape index (κ1) is 16.2. The number of pyridine rings is 1. The molecule has 124 valence electrons. The Hall–Kier alpha value is -2.69. The van der Waals surface area contributed by atoms with E-state index in [0.29, 0.717) is 11.3 Å². The molecule has 1 N–H and O–H groups in total. The Balaban J connectivity index is 1.69. The van der Waals surface area contributed by atoms with E-state index >= 15 is 0 Å². The van der Waals surface area contributed by atoms with Crippen LogP contribution in [0.1, 0.15) is 35.8 Å². The number of aryl methyl sites for hydroxylation is 1. The second kappa shape index (κ2) is 6.83. The molecule has 1 amide bonds. The first-order valence-electron chi connectivity index (χ1n) is 8.09. The summed E-state index contributed by atoms with van der Waals surface area (Å²) in [4.78, 5) is 28.6. The summed E-state index contributed by atoms with van der Waals surface area (Å²) in [7, 11) is 0. The van der Waals surface area contributed by atoms with E-state index in [9.17, 15) is 9.59 Å². The highest BCUT2D eigenvalue weighted by Gasteiger charge is 2.27. The molecule has 24 heavy (non-hydrogen) atoms. The maximum Gasteiger partial charge on any atom is 0.340 e. The van der Waals surface area contributed by atoms with Gasteiger partial charge < -0.3 is 10.1 Å². The molecule has 1 aromatic carbocycles. The fourth-order valence-corrected chi connectivity index (χ4v) is 2.37. The number of benzene rings is 1. The zero-order chi connectivity index (χ0) is 17.1. The van der Waals surface area contributed by atoms with Crippen LogP contribution in [-0.4, -0.2) is 29.0 Å². The zero-order valence-corrected chi connectivity index (χ0v) is 13.8. The standard InChI is InChI=1S/C19H20N2O3/c1-12-16(10-11-17(20-12)14-6-4-3-5-7-14)19(23)24-13(2)18(22)21-15-8-9-15/h3-7,10-11,13,15H,8-9H2,1-2H3,(H,21,22)/t13-/m0/s1. The number of nitrogens with one attached hydrogen (secondary N) is 1. The van der Waals surface area contributed by atoms with Gasteiger partial charge in [0.15, 0.2) is 6.10 Å². The van der Waals surface area contributed by atoms with Gasteiger partial charge in [-0.15, -0.1) is 0 Å². The van der Waals surface area contributed by atoms with E-state index in [-0.39, 0.29) is 11.9 Å². The topological polar surface area (TPSA) is 68.3 Å². The minimum atomic E-state index is -0.814. The molecule has 1 aliphatic rings. The molecule has 0 saturated heterocycles. The third-order valence-corrected chi connectivity index (χ3v) is 3.95. The first-order chi connectivity index (χ1) is 11.5. The summed E-state index contributed by atoms with van der Waals surface area (Å²) < 4.78 is 5.26. The van der Waals surface area contributed by atoms with Crippen molar-refractivity contribution >= 4 is 11.9 Å². The maximum atomic E-state index is 12.3. The summed E-state index contributed by atoms with van der Waals surface area (Å²) in [6, 6.07) is 13.5. The van der Waals surface area contributed by atoms with Crippen LogP contribution >= 0.6 is 0 Å². The molecule has 5 nitrogen and oxygen atoms in total. The highest BCUT2D eigenvalue weighted by atomic mass is 16.5. The fourth-order valence-electron chi connectivity index (χ4n) is 2.37. The molecule has 1 saturated carbocycles. The van der Waals surface area contributed by atoms with Crippen LogP contribution in [0.15, 0.2) is 42.5 Å². The van der Waals surface area contributed by atoms with Crippen LogP contribution in [0.2, 0.25) is 0 Å². The third kappa shape index (κ3) is 3.79. The number of aromatic nitrogens is 1. The Labute approximate surface area is 141 Å². The van der Waals surface area contributed by atoms with Gasteiger partial charge in [0, 0.05) is 11.6 Å². The molecule has 1 atom stereocenters. The average Bonchev–Trinajstić information content (AvgIpc) is 3.39. The summed E-state index contributed by atoms with van der Waals surface area (Å²) >= 11 is 0. The molecular formula is C19H20N2O3. The SMILES string of the molecule is Cc1nc(-c2ccccc2)ccc1C(=O)O[C@@H](C)C(=O)NC1CC1. The minimum Gasteiger partial charge on any atom is -0.449 e. The van der Waals surface area contributed by atoms with Gasteiger partial charge in [-0.2, -0.15) is 0 Å². The van der Waals surface area contributed by atoms with E-state index < -0.39 is 12.1 Å². The summed E-state index contributed by atoms with van der Waals surface area (Å²) in [5.74, 6) is -0.782. The van der Waals surface area contributed by atoms with Crippen molar-refractivity contribution in [3.63, 3.8) is 0 Å². The number of nitrogens with zero attached hydrogens (tertiary/aromatic N) is 1. The predicted octanol–water partition coefficient (Wildman–Crippen LogP) is 2.88. The van der Waals surface area contributed by atoms with Gasteiger partial charge in [-0.05, 0) is 38.8 Å². The van der Waals surface area contributed by atoms with Crippen LogP contribution in [0.25, 0.3) is 11.3 Å². The van der Waals surface area contributed by atoms with Crippen LogP contribution in [0.4, 0.5) is 0 Å². The molecule has 1 heterocycles. The molecule has 2 aromatic rings. The summed E-state index contributed by atoms with van der Waals surface area (Å²) in [6.07, 6.45) is 1.18. The van der Waals surface area contributed by atoms with Gasteiger partial charge in [-0.25, -0.2) is 4.79 Å². The molecule has 5 heteroatoms. The lowest BCUT2D eigenvalue weighted by atomic mass is 10.1. The highest BCUT2D eigenvalue weighted by Crippen LogP contribution is 2.20. The summed E-state index contributed by atoms with van der Waals surface area (Å²) in [6.45, 7) is 3.34. The third-order valence-electron chi connectivity index (χ3n) is 3.95. The summed E-state index contributed by atoms with van der Waals surface area (Å²) in [5, 5.41) is 2.82. The van der Waals surface area contributed by atoms with E-state index in [4.69, 9.17) is 4.74 Å². The van der Waals surface area contributed by atoms with Crippen molar-refractivity contribution < 1.29 is 14.3 Å². The minimum absolute atomic E-state index is 0.243. The van der Waals surface area contributed by atoms with Crippen molar-refractivity contribution in [1.82, 2.24) is 10.3 Å². The second-order valence-corrected chi connectivity index (χ2v) is 6.03. The molecule has 1 fully saturated rings. The van der Waals surface area contributed by atoms with Gasteiger partial charge in [0.25, 0.3) is 5.91 Å². The van der Waals surface area contributed by atoms with Gasteiger partial charge in [-0.3, -0.25) is 9.78 Å². The lowest BCUT2D eigenvalue weighted by Crippen LogP contribution is -2.37. The van der Waals surface area contributed by atoms with Gasteiger partial charge in [0.1, 0.15) is 0 Å². The molecule has 0 unspecified atom stereocenters. The molecule has 0 aliphatic heterocycles. The Morgan fingerprint density at radius 2 is 1.88 bits per heavy atom. The van der Waals surface area contributed by atoms with Crippen molar-refractivity contribution in [3.8, 4) is 11.3 Å². The lowest BCUT2D eigenvalue weighted by molar-refractivity contribution is -0.129. The van der Waals surface area contributed by atoms with E-state index in [2.05, 4.69) is 10.3 Å². The predicted molar refractivity (Wildman–Crippen MR) is 90.5 cm³/mol. The number of hydrogen-bond donors (Lipinski definition) is 1.